The van der Waals surface area contributed by atoms with Gasteiger partial charge in [0.15, 0.2) is 0 Å². The Morgan fingerprint density at radius 3 is 1.78 bits per heavy atom. The van der Waals surface area contributed by atoms with Crippen LogP contribution in [0.25, 0.3) is 104 Å². The van der Waals surface area contributed by atoms with Crippen molar-refractivity contribution in [3.8, 4) is 39.1 Å². The summed E-state index contributed by atoms with van der Waals surface area (Å²) in [7, 11) is 0. The van der Waals surface area contributed by atoms with Crippen molar-refractivity contribution in [2.24, 2.45) is 0 Å². The highest BCUT2D eigenvalue weighted by atomic mass is 15.2. The van der Waals surface area contributed by atoms with Gasteiger partial charge in [-0.25, -0.2) is 0 Å². The summed E-state index contributed by atoms with van der Waals surface area (Å²) in [6, 6.07) is 94.1. The highest BCUT2D eigenvalue weighted by molar-refractivity contribution is 6.14. The normalized spacial score (nSPS) is 13.7. The molecule has 1 aliphatic rings. The van der Waals surface area contributed by atoms with Crippen LogP contribution in [0.3, 0.4) is 0 Å². The van der Waals surface area contributed by atoms with Crippen molar-refractivity contribution in [1.82, 2.24) is 4.57 Å². The summed E-state index contributed by atoms with van der Waals surface area (Å²) in [6.45, 7) is 0. The molecule has 1 aliphatic carbocycles. The third-order valence-electron chi connectivity index (χ3n) is 15.0. The highest BCUT2D eigenvalue weighted by Crippen LogP contribution is 2.47. The maximum absolute atomic E-state index is 2.54. The summed E-state index contributed by atoms with van der Waals surface area (Å²) in [6.07, 6.45) is 8.16. The number of allylic oxidation sites excluding steroid dienone is 3. The van der Waals surface area contributed by atoms with Gasteiger partial charge in [-0.2, -0.15) is 0 Å². The van der Waals surface area contributed by atoms with Gasteiger partial charge < -0.3 is 9.47 Å². The van der Waals surface area contributed by atoms with Crippen molar-refractivity contribution >= 4 is 76.3 Å². The fourth-order valence-electron chi connectivity index (χ4n) is 11.7. The summed E-state index contributed by atoms with van der Waals surface area (Å²) in [5, 5.41) is 12.4. The molecule has 2 nitrogen and oxygen atoms in total. The first-order valence-corrected chi connectivity index (χ1v) is 25.1. The van der Waals surface area contributed by atoms with Gasteiger partial charge in [-0.1, -0.05) is 218 Å². The Bertz CT molecular complexity index is 4310. The number of benzene rings is 12. The fraction of sp³-hybridized carbons (Fsp3) is 0.0286. The topological polar surface area (TPSA) is 8.17 Å². The number of rotatable bonds is 8. The molecule has 0 spiro atoms. The smallest absolute Gasteiger partial charge is 0.0547 e. The van der Waals surface area contributed by atoms with Crippen LogP contribution in [-0.2, 0) is 0 Å². The quantitative estimate of drug-likeness (QED) is 0.147. The van der Waals surface area contributed by atoms with Gasteiger partial charge in [-0.15, -0.1) is 0 Å². The molecule has 0 radical (unpaired) electrons. The molecule has 0 aliphatic heterocycles. The molecule has 1 aromatic heterocycles. The molecule has 72 heavy (non-hydrogen) atoms. The van der Waals surface area contributed by atoms with Gasteiger partial charge in [0.05, 0.1) is 22.4 Å². The molecule has 0 amide bonds. The molecular formula is C70H48N2. The number of aromatic nitrogens is 1. The van der Waals surface area contributed by atoms with Crippen LogP contribution in [-0.4, -0.2) is 4.57 Å². The zero-order chi connectivity index (χ0) is 47.5. The summed E-state index contributed by atoms with van der Waals surface area (Å²) in [5.74, 6) is 0.173. The third-order valence-corrected chi connectivity index (χ3v) is 15.0. The minimum Gasteiger partial charge on any atom is -0.310 e. The Balaban J connectivity index is 1.02. The largest absolute Gasteiger partial charge is 0.310 e. The van der Waals surface area contributed by atoms with Gasteiger partial charge in [0.2, 0.25) is 0 Å². The lowest BCUT2D eigenvalue weighted by Crippen LogP contribution is -2.19. The summed E-state index contributed by atoms with van der Waals surface area (Å²) < 4.78 is 2.48. The maximum atomic E-state index is 2.54. The van der Waals surface area contributed by atoms with Crippen LogP contribution < -0.4 is 4.90 Å². The summed E-state index contributed by atoms with van der Waals surface area (Å²) in [5.41, 5.74) is 15.3. The zero-order valence-corrected chi connectivity index (χ0v) is 39.7. The van der Waals surface area contributed by atoms with Gasteiger partial charge in [-0.05, 0) is 132 Å². The second kappa shape index (κ2) is 17.3. The van der Waals surface area contributed by atoms with E-state index >= 15 is 0 Å². The van der Waals surface area contributed by atoms with Crippen LogP contribution in [0.2, 0.25) is 0 Å². The molecule has 13 aromatic rings. The minimum atomic E-state index is 0.173. The first-order valence-electron chi connectivity index (χ1n) is 25.1. The van der Waals surface area contributed by atoms with E-state index in [1.54, 1.807) is 0 Å². The molecule has 0 saturated carbocycles. The third kappa shape index (κ3) is 7.02. The second-order valence-electron chi connectivity index (χ2n) is 19.2. The Hall–Kier alpha value is -9.24. The molecule has 1 unspecified atom stereocenters. The second-order valence-corrected chi connectivity index (χ2v) is 19.2. The van der Waals surface area contributed by atoms with Crippen LogP contribution in [0.5, 0.6) is 0 Å². The van der Waals surface area contributed by atoms with Gasteiger partial charge in [0, 0.05) is 39.0 Å². The van der Waals surface area contributed by atoms with Crippen molar-refractivity contribution in [3.05, 3.63) is 284 Å². The monoisotopic (exact) mass is 916 g/mol. The van der Waals surface area contributed by atoms with Crippen molar-refractivity contribution in [3.63, 3.8) is 0 Å². The zero-order valence-electron chi connectivity index (χ0n) is 39.7. The molecule has 1 atom stereocenters. The van der Waals surface area contributed by atoms with Crippen LogP contribution in [0.1, 0.15) is 17.9 Å². The summed E-state index contributed by atoms with van der Waals surface area (Å²) >= 11 is 0. The minimum absolute atomic E-state index is 0.173. The first-order chi connectivity index (χ1) is 35.7. The molecule has 14 rings (SSSR count). The molecule has 0 N–H and O–H groups in total. The molecular weight excluding hydrogens is 869 g/mol. The van der Waals surface area contributed by atoms with Gasteiger partial charge >= 0.3 is 0 Å². The van der Waals surface area contributed by atoms with Crippen molar-refractivity contribution in [2.45, 2.75) is 12.3 Å². The van der Waals surface area contributed by atoms with Gasteiger partial charge in [-0.3, -0.25) is 0 Å². The van der Waals surface area contributed by atoms with E-state index in [1.807, 2.05) is 0 Å². The molecule has 2 heteroatoms. The van der Waals surface area contributed by atoms with E-state index in [4.69, 9.17) is 0 Å². The number of para-hydroxylation sites is 2. The lowest BCUT2D eigenvalue weighted by Gasteiger charge is -2.33. The van der Waals surface area contributed by atoms with E-state index in [9.17, 15) is 0 Å². The van der Waals surface area contributed by atoms with Crippen molar-refractivity contribution in [2.75, 3.05) is 4.90 Å². The Morgan fingerprint density at radius 2 is 0.944 bits per heavy atom. The molecule has 0 bridgehead atoms. The predicted octanol–water partition coefficient (Wildman–Crippen LogP) is 19.2. The Labute approximate surface area is 419 Å². The molecule has 0 saturated heterocycles. The van der Waals surface area contributed by atoms with Crippen molar-refractivity contribution < 1.29 is 0 Å². The number of nitrogens with zero attached hydrogens (tertiary/aromatic N) is 2. The summed E-state index contributed by atoms with van der Waals surface area (Å²) in [4.78, 5) is 2.54. The van der Waals surface area contributed by atoms with E-state index in [-0.39, 0.29) is 5.92 Å². The number of hydrogen-bond acceptors (Lipinski definition) is 1. The van der Waals surface area contributed by atoms with E-state index in [1.165, 1.54) is 87.1 Å². The standard InChI is InChI=1S/C70H48N2/c1-2-19-47(20-3-1)53-41-54(44-56(43-53)72-68-38-15-13-34-65(68)66-45-50-23-4-5-24-51(50)46-70(66)72)60-31-12-14-37-67(60)71(55-28-16-27-52(42-55)59-35-17-25-48-21-6-8-29-57(48)59)69-40-39-63(62-32-10-11-33-64(62)69)61-36-18-26-49-22-7-9-30-58(49)61/h1-26,28-46,52H,27H2. The highest BCUT2D eigenvalue weighted by Gasteiger charge is 2.26. The number of fused-ring (bicyclic) bond motifs is 7. The van der Waals surface area contributed by atoms with Crippen LogP contribution >= 0.6 is 0 Å². The number of hydrogen-bond donors (Lipinski definition) is 0. The SMILES string of the molecule is C1=CC(N(c2ccccc2-c2cc(-c3ccccc3)cc(-n3c4ccccc4c4cc5ccccc5cc43)c2)c2ccc(-c3cccc4ccccc34)c3ccccc23)=CC(c2cccc3ccccc23)C1. The Kier molecular flexibility index (Phi) is 10.0. The number of anilines is 2. The maximum Gasteiger partial charge on any atom is 0.0547 e. The van der Waals surface area contributed by atoms with Gasteiger partial charge in [0.1, 0.15) is 0 Å². The van der Waals surface area contributed by atoms with Crippen LogP contribution in [0.15, 0.2) is 279 Å². The molecule has 1 heterocycles. The van der Waals surface area contributed by atoms with E-state index in [0.29, 0.717) is 0 Å². The van der Waals surface area contributed by atoms with E-state index < -0.39 is 0 Å². The molecule has 0 fully saturated rings. The lowest BCUT2D eigenvalue weighted by molar-refractivity contribution is 0.845. The molecule has 12 aromatic carbocycles. The van der Waals surface area contributed by atoms with E-state index in [2.05, 4.69) is 282 Å². The van der Waals surface area contributed by atoms with Crippen molar-refractivity contribution in [1.29, 1.82) is 0 Å². The van der Waals surface area contributed by atoms with Crippen LogP contribution in [0.4, 0.5) is 11.4 Å². The first kappa shape index (κ1) is 41.7. The fourth-order valence-corrected chi connectivity index (χ4v) is 11.7. The molecule has 338 valence electrons. The van der Waals surface area contributed by atoms with E-state index in [0.717, 1.165) is 45.9 Å². The average Bonchev–Trinajstić information content (AvgIpc) is 3.77. The average molecular weight is 917 g/mol. The predicted molar refractivity (Wildman–Crippen MR) is 307 cm³/mol. The van der Waals surface area contributed by atoms with Crippen LogP contribution in [0, 0.1) is 0 Å². The Morgan fingerprint density at radius 1 is 0.347 bits per heavy atom. The van der Waals surface area contributed by atoms with Gasteiger partial charge in [0.25, 0.3) is 0 Å². The lowest BCUT2D eigenvalue weighted by atomic mass is 9.87.